The minimum Gasteiger partial charge on any atom is -0.497 e. The van der Waals surface area contributed by atoms with Gasteiger partial charge in [-0.25, -0.2) is 4.68 Å². The molecule has 2 aromatic carbocycles. The van der Waals surface area contributed by atoms with E-state index < -0.39 is 0 Å². The van der Waals surface area contributed by atoms with Gasteiger partial charge in [0.05, 0.1) is 19.8 Å². The lowest BCUT2D eigenvalue weighted by molar-refractivity contribution is 0.243. The van der Waals surface area contributed by atoms with Crippen molar-refractivity contribution in [2.24, 2.45) is 0 Å². The molecule has 0 bridgehead atoms. The van der Waals surface area contributed by atoms with Crippen LogP contribution in [0.3, 0.4) is 0 Å². The van der Waals surface area contributed by atoms with Gasteiger partial charge in [0.1, 0.15) is 12.1 Å². The third kappa shape index (κ3) is 4.20. The Morgan fingerprint density at radius 3 is 2.46 bits per heavy atom. The average molecular weight is 369 g/mol. The van der Waals surface area contributed by atoms with E-state index in [4.69, 9.17) is 17.0 Å². The second-order valence-corrected chi connectivity index (χ2v) is 6.78. The Morgan fingerprint density at radius 2 is 1.81 bits per heavy atom. The van der Waals surface area contributed by atoms with Crippen LogP contribution in [0.1, 0.15) is 24.1 Å². The third-order valence-corrected chi connectivity index (χ3v) is 4.86. The van der Waals surface area contributed by atoms with E-state index in [1.165, 1.54) is 11.1 Å². The van der Waals surface area contributed by atoms with Gasteiger partial charge in [0.2, 0.25) is 0 Å². The highest BCUT2D eigenvalue weighted by atomic mass is 32.1. The molecule has 0 aliphatic heterocycles. The highest BCUT2D eigenvalue weighted by molar-refractivity contribution is 7.71. The monoisotopic (exact) mass is 368 g/mol. The molecule has 0 aliphatic rings. The molecule has 136 valence electrons. The quantitative estimate of drug-likeness (QED) is 0.588. The van der Waals surface area contributed by atoms with Gasteiger partial charge in [0, 0.05) is 6.54 Å². The number of hydrogen-bond acceptors (Lipinski definition) is 4. The van der Waals surface area contributed by atoms with Crippen LogP contribution in [0.15, 0.2) is 60.9 Å². The number of nitrogens with zero attached hydrogens (tertiary/aromatic N) is 4. The number of ether oxygens (including phenoxy) is 1. The Hall–Kier alpha value is -2.44. The summed E-state index contributed by atoms with van der Waals surface area (Å²) in [5.41, 5.74) is 2.44. The van der Waals surface area contributed by atoms with Gasteiger partial charge >= 0.3 is 0 Å². The van der Waals surface area contributed by atoms with Crippen LogP contribution in [0, 0.1) is 4.77 Å². The van der Waals surface area contributed by atoms with Crippen molar-refractivity contribution < 1.29 is 4.74 Å². The molecule has 6 heteroatoms. The zero-order valence-electron chi connectivity index (χ0n) is 15.4. The third-order valence-electron chi connectivity index (χ3n) is 4.44. The molecule has 0 unspecified atom stereocenters. The van der Waals surface area contributed by atoms with Gasteiger partial charge in [-0.3, -0.25) is 9.47 Å². The van der Waals surface area contributed by atoms with Crippen molar-refractivity contribution in [2.75, 3.05) is 14.2 Å². The Morgan fingerprint density at radius 1 is 1.12 bits per heavy atom. The molecular weight excluding hydrogens is 344 g/mol. The van der Waals surface area contributed by atoms with E-state index in [0.717, 1.165) is 17.1 Å². The van der Waals surface area contributed by atoms with E-state index in [9.17, 15) is 0 Å². The Balaban J connectivity index is 1.68. The van der Waals surface area contributed by atoms with Crippen LogP contribution in [0.2, 0.25) is 0 Å². The van der Waals surface area contributed by atoms with E-state index >= 15 is 0 Å². The molecule has 0 fully saturated rings. The highest BCUT2D eigenvalue weighted by Gasteiger charge is 2.12. The Kier molecular flexibility index (Phi) is 5.85. The van der Waals surface area contributed by atoms with Crippen molar-refractivity contribution in [1.82, 2.24) is 19.2 Å². The number of rotatable bonds is 7. The summed E-state index contributed by atoms with van der Waals surface area (Å²) in [5.74, 6) is 0.868. The van der Waals surface area contributed by atoms with E-state index in [2.05, 4.69) is 48.2 Å². The molecule has 3 rings (SSSR count). The number of hydrogen-bond donors (Lipinski definition) is 0. The predicted molar refractivity (Wildman–Crippen MR) is 106 cm³/mol. The van der Waals surface area contributed by atoms with Crippen LogP contribution in [-0.2, 0) is 13.2 Å². The number of aromatic nitrogens is 3. The van der Waals surface area contributed by atoms with Crippen LogP contribution in [0.25, 0.3) is 0 Å². The van der Waals surface area contributed by atoms with Crippen LogP contribution in [-0.4, -0.2) is 33.4 Å². The summed E-state index contributed by atoms with van der Waals surface area (Å²) < 4.78 is 9.82. The van der Waals surface area contributed by atoms with Crippen molar-refractivity contribution in [3.05, 3.63) is 76.8 Å². The molecule has 0 N–H and O–H groups in total. The zero-order chi connectivity index (χ0) is 18.5. The van der Waals surface area contributed by atoms with Gasteiger partial charge in [-0.2, -0.15) is 5.10 Å². The lowest BCUT2D eigenvalue weighted by atomic mass is 10.1. The molecule has 0 spiro atoms. The second-order valence-electron chi connectivity index (χ2n) is 6.41. The van der Waals surface area contributed by atoms with Crippen LogP contribution >= 0.6 is 12.2 Å². The molecule has 1 atom stereocenters. The van der Waals surface area contributed by atoms with Crippen molar-refractivity contribution >= 4 is 12.2 Å². The molecular formula is C20H24N4OS. The van der Waals surface area contributed by atoms with Gasteiger partial charge in [-0.1, -0.05) is 42.5 Å². The standard InChI is InChI=1S/C20H24N4OS/c1-16(18-7-5-4-6-8-18)23-14-21-24(20(23)26)15-22(2)13-17-9-11-19(25-3)12-10-17/h4-12,14,16H,13,15H2,1-3H3/t16-/m1/s1. The first-order valence-electron chi connectivity index (χ1n) is 8.59. The fourth-order valence-corrected chi connectivity index (χ4v) is 3.24. The summed E-state index contributed by atoms with van der Waals surface area (Å²) in [6, 6.07) is 18.6. The molecule has 0 amide bonds. The molecule has 0 saturated heterocycles. The largest absolute Gasteiger partial charge is 0.497 e. The maximum atomic E-state index is 5.64. The molecule has 0 radical (unpaired) electrons. The van der Waals surface area contributed by atoms with E-state index in [0.29, 0.717) is 6.67 Å². The van der Waals surface area contributed by atoms with E-state index in [-0.39, 0.29) is 6.04 Å². The minimum absolute atomic E-state index is 0.157. The van der Waals surface area contributed by atoms with Crippen LogP contribution < -0.4 is 4.74 Å². The number of benzene rings is 2. The minimum atomic E-state index is 0.157. The Labute approximate surface area is 159 Å². The summed E-state index contributed by atoms with van der Waals surface area (Å²) in [6.45, 7) is 3.59. The summed E-state index contributed by atoms with van der Waals surface area (Å²) in [6.07, 6.45) is 1.82. The first-order chi connectivity index (χ1) is 12.6. The van der Waals surface area contributed by atoms with Crippen LogP contribution in [0.5, 0.6) is 5.75 Å². The molecule has 0 saturated carbocycles. The Bertz CT molecular complexity index is 886. The molecule has 1 aromatic heterocycles. The normalized spacial score (nSPS) is 12.3. The zero-order valence-corrected chi connectivity index (χ0v) is 16.2. The van der Waals surface area contributed by atoms with Gasteiger partial charge in [-0.15, -0.1) is 0 Å². The summed E-state index contributed by atoms with van der Waals surface area (Å²) in [4.78, 5) is 2.18. The lowest BCUT2D eigenvalue weighted by Crippen LogP contribution is -2.22. The topological polar surface area (TPSA) is 35.2 Å². The maximum absolute atomic E-state index is 5.64. The summed E-state index contributed by atoms with van der Waals surface area (Å²) in [5, 5.41) is 4.49. The molecule has 5 nitrogen and oxygen atoms in total. The first-order valence-corrected chi connectivity index (χ1v) is 8.99. The summed E-state index contributed by atoms with van der Waals surface area (Å²) in [7, 11) is 3.74. The van der Waals surface area contributed by atoms with E-state index in [1.807, 2.05) is 45.9 Å². The fraction of sp³-hybridized carbons (Fsp3) is 0.300. The van der Waals surface area contributed by atoms with Gasteiger partial charge in [-0.05, 0) is 49.4 Å². The van der Waals surface area contributed by atoms with E-state index in [1.54, 1.807) is 7.11 Å². The first kappa shape index (κ1) is 18.4. The summed E-state index contributed by atoms with van der Waals surface area (Å²) >= 11 is 5.64. The molecule has 3 aromatic rings. The number of methoxy groups -OCH3 is 1. The molecule has 26 heavy (non-hydrogen) atoms. The average Bonchev–Trinajstić information content (AvgIpc) is 3.02. The van der Waals surface area contributed by atoms with Crippen LogP contribution in [0.4, 0.5) is 0 Å². The fourth-order valence-electron chi connectivity index (χ4n) is 2.93. The SMILES string of the molecule is COc1ccc(CN(C)Cn2ncn([C@H](C)c3ccccc3)c2=S)cc1. The predicted octanol–water partition coefficient (Wildman–Crippen LogP) is 4.12. The maximum Gasteiger partial charge on any atom is 0.199 e. The second kappa shape index (κ2) is 8.29. The van der Waals surface area contributed by atoms with Gasteiger partial charge in [0.25, 0.3) is 0 Å². The van der Waals surface area contributed by atoms with Gasteiger partial charge < -0.3 is 4.74 Å². The highest BCUT2D eigenvalue weighted by Crippen LogP contribution is 2.18. The van der Waals surface area contributed by atoms with Crippen molar-refractivity contribution in [3.8, 4) is 5.75 Å². The lowest BCUT2D eigenvalue weighted by Gasteiger charge is -2.17. The van der Waals surface area contributed by atoms with Crippen molar-refractivity contribution in [3.63, 3.8) is 0 Å². The van der Waals surface area contributed by atoms with Gasteiger partial charge in [0.15, 0.2) is 4.77 Å². The smallest absolute Gasteiger partial charge is 0.199 e. The molecule has 0 aliphatic carbocycles. The van der Waals surface area contributed by atoms with Crippen molar-refractivity contribution in [1.29, 1.82) is 0 Å². The van der Waals surface area contributed by atoms with Crippen molar-refractivity contribution in [2.45, 2.75) is 26.2 Å². The molecule has 1 heterocycles.